The summed E-state index contributed by atoms with van der Waals surface area (Å²) in [5.41, 5.74) is 4.23. The van der Waals surface area contributed by atoms with Crippen LogP contribution in [0.15, 0.2) is 36.8 Å². The number of anilines is 1. The summed E-state index contributed by atoms with van der Waals surface area (Å²) < 4.78 is 3.86. The Balaban J connectivity index is 1.35. The Morgan fingerprint density at radius 1 is 0.906 bits per heavy atom. The van der Waals surface area contributed by atoms with Gasteiger partial charge in [-0.25, -0.2) is 19.9 Å². The number of imidazole rings is 2. The van der Waals surface area contributed by atoms with E-state index in [1.54, 1.807) is 6.33 Å². The molecule has 4 aromatic heterocycles. The Labute approximate surface area is 186 Å². The van der Waals surface area contributed by atoms with E-state index < -0.39 is 0 Å². The molecule has 1 amide bonds. The van der Waals surface area contributed by atoms with Gasteiger partial charge in [0.1, 0.15) is 35.1 Å². The monoisotopic (exact) mass is 430 g/mol. The molecule has 0 bridgehead atoms. The molecule has 1 fully saturated rings. The van der Waals surface area contributed by atoms with Crippen LogP contribution in [0.5, 0.6) is 0 Å². The number of aryl methyl sites for hydroxylation is 3. The van der Waals surface area contributed by atoms with Crippen molar-refractivity contribution in [3.63, 3.8) is 0 Å². The molecule has 0 aliphatic carbocycles. The van der Waals surface area contributed by atoms with Crippen LogP contribution in [-0.2, 0) is 0 Å². The zero-order valence-electron chi connectivity index (χ0n) is 18.8. The number of aromatic nitrogens is 6. The molecule has 0 saturated carbocycles. The molecule has 0 N–H and O–H groups in total. The lowest BCUT2D eigenvalue weighted by atomic mass is 10.2. The van der Waals surface area contributed by atoms with Crippen molar-refractivity contribution in [2.24, 2.45) is 0 Å². The lowest BCUT2D eigenvalue weighted by Crippen LogP contribution is -2.49. The van der Waals surface area contributed by atoms with Gasteiger partial charge < -0.3 is 9.80 Å². The van der Waals surface area contributed by atoms with Gasteiger partial charge in [0.2, 0.25) is 0 Å². The predicted molar refractivity (Wildman–Crippen MR) is 121 cm³/mol. The van der Waals surface area contributed by atoms with Crippen LogP contribution in [-0.4, -0.2) is 65.9 Å². The smallest absolute Gasteiger partial charge is 0.272 e. The van der Waals surface area contributed by atoms with E-state index in [-0.39, 0.29) is 5.91 Å². The maximum absolute atomic E-state index is 13.3. The number of piperazine rings is 1. The largest absolute Gasteiger partial charge is 0.353 e. The lowest BCUT2D eigenvalue weighted by Gasteiger charge is -2.35. The summed E-state index contributed by atoms with van der Waals surface area (Å²) in [6, 6.07) is 7.76. The highest BCUT2D eigenvalue weighted by molar-refractivity contribution is 5.94. The van der Waals surface area contributed by atoms with Crippen molar-refractivity contribution in [1.82, 2.24) is 33.8 Å². The number of carbonyl (C=O) groups excluding carboxylic acids is 1. The molecule has 164 valence electrons. The number of nitrogens with zero attached hydrogens (tertiary/aromatic N) is 8. The van der Waals surface area contributed by atoms with Crippen LogP contribution in [0.1, 0.15) is 33.4 Å². The Morgan fingerprint density at radius 3 is 2.38 bits per heavy atom. The van der Waals surface area contributed by atoms with Crippen LogP contribution in [0.25, 0.3) is 11.5 Å². The highest BCUT2D eigenvalue weighted by Gasteiger charge is 2.27. The average molecular weight is 431 g/mol. The van der Waals surface area contributed by atoms with Gasteiger partial charge in [0, 0.05) is 44.1 Å². The van der Waals surface area contributed by atoms with Gasteiger partial charge in [0.25, 0.3) is 5.91 Å². The Hall–Kier alpha value is -3.75. The van der Waals surface area contributed by atoms with Gasteiger partial charge in [0.05, 0.1) is 11.4 Å². The SMILES string of the molecule is Cc1nc(N2CCN(C(=O)c3c(C)nc4ccccn34)CC2)cc(-n2cnc(C)c2C)n1. The molecule has 32 heavy (non-hydrogen) atoms. The van der Waals surface area contributed by atoms with Gasteiger partial charge in [-0.2, -0.15) is 0 Å². The number of amides is 1. The second kappa shape index (κ2) is 7.74. The summed E-state index contributed by atoms with van der Waals surface area (Å²) in [5.74, 6) is 2.41. The molecule has 0 aromatic carbocycles. The third-order valence-electron chi connectivity index (χ3n) is 6.11. The van der Waals surface area contributed by atoms with Crippen molar-refractivity contribution in [3.05, 3.63) is 65.4 Å². The summed E-state index contributed by atoms with van der Waals surface area (Å²) >= 11 is 0. The first-order chi connectivity index (χ1) is 15.4. The second-order valence-electron chi connectivity index (χ2n) is 8.17. The molecule has 0 unspecified atom stereocenters. The highest BCUT2D eigenvalue weighted by atomic mass is 16.2. The molecule has 0 spiro atoms. The first-order valence-electron chi connectivity index (χ1n) is 10.8. The molecule has 9 nitrogen and oxygen atoms in total. The van der Waals surface area contributed by atoms with Crippen molar-refractivity contribution in [2.45, 2.75) is 27.7 Å². The van der Waals surface area contributed by atoms with Gasteiger partial charge in [-0.1, -0.05) is 6.07 Å². The lowest BCUT2D eigenvalue weighted by molar-refractivity contribution is 0.0738. The van der Waals surface area contributed by atoms with E-state index in [4.69, 9.17) is 0 Å². The molecular formula is C23H26N8O. The Bertz CT molecular complexity index is 1310. The van der Waals surface area contributed by atoms with Gasteiger partial charge >= 0.3 is 0 Å². The molecular weight excluding hydrogens is 404 g/mol. The fraction of sp³-hybridized carbons (Fsp3) is 0.348. The minimum Gasteiger partial charge on any atom is -0.353 e. The van der Waals surface area contributed by atoms with Crippen LogP contribution in [0.2, 0.25) is 0 Å². The van der Waals surface area contributed by atoms with Crippen molar-refractivity contribution in [1.29, 1.82) is 0 Å². The summed E-state index contributed by atoms with van der Waals surface area (Å²) in [6.45, 7) is 10.5. The number of rotatable bonds is 3. The van der Waals surface area contributed by atoms with E-state index in [2.05, 4.69) is 24.8 Å². The number of hydrogen-bond donors (Lipinski definition) is 0. The van der Waals surface area contributed by atoms with Crippen molar-refractivity contribution >= 4 is 17.4 Å². The van der Waals surface area contributed by atoms with E-state index in [0.717, 1.165) is 34.4 Å². The summed E-state index contributed by atoms with van der Waals surface area (Å²) in [7, 11) is 0. The number of fused-ring (bicyclic) bond motifs is 1. The maximum Gasteiger partial charge on any atom is 0.272 e. The molecule has 9 heteroatoms. The van der Waals surface area contributed by atoms with E-state index in [1.165, 1.54) is 0 Å². The molecule has 1 aliphatic heterocycles. The standard InChI is InChI=1S/C23H26N8O/c1-15-17(3)31(14-24-15)21-13-20(26-18(4)27-21)28-9-11-29(12-10-28)23(32)22-16(2)25-19-7-5-6-8-30(19)22/h5-8,13-14H,9-12H2,1-4H3. The zero-order chi connectivity index (χ0) is 22.4. The van der Waals surface area contributed by atoms with Crippen molar-refractivity contribution in [3.8, 4) is 5.82 Å². The van der Waals surface area contributed by atoms with E-state index in [1.807, 2.05) is 72.0 Å². The molecule has 5 heterocycles. The third-order valence-corrected chi connectivity index (χ3v) is 6.11. The van der Waals surface area contributed by atoms with E-state index in [0.29, 0.717) is 37.7 Å². The van der Waals surface area contributed by atoms with Crippen LogP contribution in [0.3, 0.4) is 0 Å². The van der Waals surface area contributed by atoms with Crippen molar-refractivity contribution in [2.75, 3.05) is 31.1 Å². The average Bonchev–Trinajstić information content (AvgIpc) is 3.31. The van der Waals surface area contributed by atoms with Gasteiger partial charge in [-0.15, -0.1) is 0 Å². The first kappa shape index (κ1) is 20.2. The molecule has 5 rings (SSSR count). The predicted octanol–water partition coefficient (Wildman–Crippen LogP) is 2.51. The normalized spacial score (nSPS) is 14.4. The molecule has 1 aliphatic rings. The summed E-state index contributed by atoms with van der Waals surface area (Å²) in [4.78, 5) is 35.6. The number of hydrogen-bond acceptors (Lipinski definition) is 6. The van der Waals surface area contributed by atoms with Gasteiger partial charge in [0.15, 0.2) is 0 Å². The van der Waals surface area contributed by atoms with Crippen LogP contribution in [0.4, 0.5) is 5.82 Å². The van der Waals surface area contributed by atoms with Gasteiger partial charge in [-0.3, -0.25) is 13.8 Å². The van der Waals surface area contributed by atoms with Gasteiger partial charge in [-0.05, 0) is 39.8 Å². The van der Waals surface area contributed by atoms with Crippen molar-refractivity contribution < 1.29 is 4.79 Å². The Morgan fingerprint density at radius 2 is 1.66 bits per heavy atom. The summed E-state index contributed by atoms with van der Waals surface area (Å²) in [5, 5.41) is 0. The molecule has 1 saturated heterocycles. The molecule has 0 atom stereocenters. The highest BCUT2D eigenvalue weighted by Crippen LogP contribution is 2.21. The second-order valence-corrected chi connectivity index (χ2v) is 8.17. The maximum atomic E-state index is 13.3. The van der Waals surface area contributed by atoms with Crippen LogP contribution in [0, 0.1) is 27.7 Å². The summed E-state index contributed by atoms with van der Waals surface area (Å²) in [6.07, 6.45) is 3.69. The topological polar surface area (TPSA) is 84.5 Å². The van der Waals surface area contributed by atoms with Crippen LogP contribution >= 0.6 is 0 Å². The third kappa shape index (κ3) is 3.39. The molecule has 4 aromatic rings. The van der Waals surface area contributed by atoms with E-state index >= 15 is 0 Å². The minimum atomic E-state index is 0.0184. The van der Waals surface area contributed by atoms with E-state index in [9.17, 15) is 4.79 Å². The number of carbonyl (C=O) groups is 1. The fourth-order valence-corrected chi connectivity index (χ4v) is 4.21. The Kier molecular flexibility index (Phi) is 4.88. The first-order valence-corrected chi connectivity index (χ1v) is 10.8. The zero-order valence-corrected chi connectivity index (χ0v) is 18.8. The fourth-order valence-electron chi connectivity index (χ4n) is 4.21. The number of pyridine rings is 1. The molecule has 0 radical (unpaired) electrons. The van der Waals surface area contributed by atoms with Crippen LogP contribution < -0.4 is 4.90 Å². The minimum absolute atomic E-state index is 0.0184. The quantitative estimate of drug-likeness (QED) is 0.497.